The zero-order valence-corrected chi connectivity index (χ0v) is 19.0. The molecule has 162 valence electrons. The molecular formula is C23H20ClN5O2S. The quantitative estimate of drug-likeness (QED) is 0.366. The van der Waals surface area contributed by atoms with E-state index in [0.29, 0.717) is 26.8 Å². The SMILES string of the molecule is Cc1c(Cl)cccc1-n1c(SCC(=O)N(CCC#N)CCC#N)nc2ccccc2c1=O. The number of rotatable bonds is 8. The molecule has 1 amide bonds. The number of nitriles is 2. The maximum atomic E-state index is 13.4. The molecule has 3 rings (SSSR count). The van der Waals surface area contributed by atoms with Crippen LogP contribution in [0.2, 0.25) is 5.02 Å². The molecule has 7 nitrogen and oxygen atoms in total. The summed E-state index contributed by atoms with van der Waals surface area (Å²) in [6.45, 7) is 2.33. The summed E-state index contributed by atoms with van der Waals surface area (Å²) in [6.07, 6.45) is 0.366. The first-order valence-corrected chi connectivity index (χ1v) is 11.3. The molecule has 0 aliphatic heterocycles. The highest BCUT2D eigenvalue weighted by Crippen LogP contribution is 2.26. The van der Waals surface area contributed by atoms with Crippen molar-refractivity contribution in [2.45, 2.75) is 24.9 Å². The van der Waals surface area contributed by atoms with E-state index in [1.54, 1.807) is 42.5 Å². The van der Waals surface area contributed by atoms with Gasteiger partial charge in [-0.3, -0.25) is 14.2 Å². The number of para-hydroxylation sites is 1. The van der Waals surface area contributed by atoms with Gasteiger partial charge < -0.3 is 4.90 Å². The second-order valence-electron chi connectivity index (χ2n) is 6.92. The lowest BCUT2D eigenvalue weighted by Gasteiger charge is -2.21. The number of hydrogen-bond donors (Lipinski definition) is 0. The number of carbonyl (C=O) groups excluding carboxylic acids is 1. The summed E-state index contributed by atoms with van der Waals surface area (Å²) in [7, 11) is 0. The maximum absolute atomic E-state index is 13.4. The topological polar surface area (TPSA) is 103 Å². The van der Waals surface area contributed by atoms with E-state index in [-0.39, 0.29) is 43.2 Å². The molecule has 0 bridgehead atoms. The van der Waals surface area contributed by atoms with Crippen LogP contribution in [0.4, 0.5) is 0 Å². The first-order chi connectivity index (χ1) is 15.5. The van der Waals surface area contributed by atoms with Crippen molar-refractivity contribution in [2.24, 2.45) is 0 Å². The molecule has 0 N–H and O–H groups in total. The van der Waals surface area contributed by atoms with Crippen molar-refractivity contribution < 1.29 is 4.79 Å². The van der Waals surface area contributed by atoms with Gasteiger partial charge in [-0.25, -0.2) is 4.98 Å². The molecule has 0 aliphatic rings. The summed E-state index contributed by atoms with van der Waals surface area (Å²) < 4.78 is 1.48. The van der Waals surface area contributed by atoms with Crippen LogP contribution in [-0.4, -0.2) is 39.2 Å². The van der Waals surface area contributed by atoms with Crippen molar-refractivity contribution in [3.05, 3.63) is 63.4 Å². The Balaban J connectivity index is 2.01. The summed E-state index contributed by atoms with van der Waals surface area (Å²) in [6, 6.07) is 16.4. The van der Waals surface area contributed by atoms with Crippen molar-refractivity contribution in [1.29, 1.82) is 10.5 Å². The monoisotopic (exact) mass is 465 g/mol. The second kappa shape index (κ2) is 10.8. The molecule has 0 unspecified atom stereocenters. The Morgan fingerprint density at radius 2 is 1.81 bits per heavy atom. The lowest BCUT2D eigenvalue weighted by Crippen LogP contribution is -2.34. The molecule has 0 saturated carbocycles. The van der Waals surface area contributed by atoms with Gasteiger partial charge in [-0.2, -0.15) is 10.5 Å². The summed E-state index contributed by atoms with van der Waals surface area (Å²) in [5.74, 6) is -0.210. The van der Waals surface area contributed by atoms with Crippen molar-refractivity contribution in [1.82, 2.24) is 14.5 Å². The van der Waals surface area contributed by atoms with Gasteiger partial charge in [-0.1, -0.05) is 41.6 Å². The van der Waals surface area contributed by atoms with E-state index in [0.717, 1.165) is 17.3 Å². The number of benzene rings is 2. The Morgan fingerprint density at radius 1 is 1.12 bits per heavy atom. The van der Waals surface area contributed by atoms with Crippen LogP contribution in [0.5, 0.6) is 0 Å². The van der Waals surface area contributed by atoms with Crippen LogP contribution in [-0.2, 0) is 4.79 Å². The predicted octanol–water partition coefficient (Wildman–Crippen LogP) is 4.10. The fourth-order valence-corrected chi connectivity index (χ4v) is 4.29. The number of nitrogens with zero attached hydrogens (tertiary/aromatic N) is 5. The van der Waals surface area contributed by atoms with E-state index in [1.807, 2.05) is 19.1 Å². The standard InChI is InChI=1S/C23H20ClN5O2S/c1-16-18(24)8-4-10-20(16)29-22(31)17-7-2-3-9-19(17)27-23(29)32-15-21(30)28(13-5-11-25)14-6-12-26/h2-4,7-10H,5-6,13-15H2,1H3. The van der Waals surface area contributed by atoms with Crippen molar-refractivity contribution >= 4 is 40.2 Å². The molecule has 1 heterocycles. The van der Waals surface area contributed by atoms with Crippen molar-refractivity contribution in [3.63, 3.8) is 0 Å². The molecule has 2 aromatic carbocycles. The number of amides is 1. The third-order valence-electron chi connectivity index (χ3n) is 4.89. The molecule has 0 atom stereocenters. The van der Waals surface area contributed by atoms with E-state index in [2.05, 4.69) is 4.98 Å². The van der Waals surface area contributed by atoms with Crippen LogP contribution in [0.15, 0.2) is 52.4 Å². The molecule has 9 heteroatoms. The van der Waals surface area contributed by atoms with Gasteiger partial charge in [0.25, 0.3) is 5.56 Å². The van der Waals surface area contributed by atoms with Crippen LogP contribution >= 0.6 is 23.4 Å². The minimum Gasteiger partial charge on any atom is -0.340 e. The van der Waals surface area contributed by atoms with E-state index < -0.39 is 0 Å². The van der Waals surface area contributed by atoms with Crippen molar-refractivity contribution in [2.75, 3.05) is 18.8 Å². The number of halogens is 1. The molecular weight excluding hydrogens is 446 g/mol. The zero-order valence-electron chi connectivity index (χ0n) is 17.4. The molecule has 0 radical (unpaired) electrons. The average Bonchev–Trinajstić information content (AvgIpc) is 2.80. The Morgan fingerprint density at radius 3 is 2.50 bits per heavy atom. The smallest absolute Gasteiger partial charge is 0.266 e. The number of aromatic nitrogens is 2. The Bertz CT molecular complexity index is 1270. The minimum absolute atomic E-state index is 0.0151. The molecule has 32 heavy (non-hydrogen) atoms. The predicted molar refractivity (Wildman–Crippen MR) is 125 cm³/mol. The highest BCUT2D eigenvalue weighted by Gasteiger charge is 2.19. The first kappa shape index (κ1) is 23.3. The fourth-order valence-electron chi connectivity index (χ4n) is 3.21. The summed E-state index contributed by atoms with van der Waals surface area (Å²) in [4.78, 5) is 32.3. The Labute approximate surface area is 194 Å². The second-order valence-corrected chi connectivity index (χ2v) is 8.27. The van der Waals surface area contributed by atoms with Crippen LogP contribution < -0.4 is 5.56 Å². The van der Waals surface area contributed by atoms with Gasteiger partial charge >= 0.3 is 0 Å². The highest BCUT2D eigenvalue weighted by molar-refractivity contribution is 7.99. The molecule has 0 spiro atoms. The van der Waals surface area contributed by atoms with E-state index >= 15 is 0 Å². The lowest BCUT2D eigenvalue weighted by molar-refractivity contribution is -0.128. The van der Waals surface area contributed by atoms with Crippen LogP contribution in [0.25, 0.3) is 16.6 Å². The number of hydrogen-bond acceptors (Lipinski definition) is 6. The third kappa shape index (κ3) is 5.11. The Hall–Kier alpha value is -3.33. The van der Waals surface area contributed by atoms with Gasteiger partial charge in [0.2, 0.25) is 5.91 Å². The summed E-state index contributed by atoms with van der Waals surface area (Å²) in [5, 5.41) is 19.1. The third-order valence-corrected chi connectivity index (χ3v) is 6.22. The molecule has 0 saturated heterocycles. The molecule has 1 aromatic heterocycles. The fraction of sp³-hybridized carbons (Fsp3) is 0.261. The van der Waals surface area contributed by atoms with Crippen molar-refractivity contribution in [3.8, 4) is 17.8 Å². The summed E-state index contributed by atoms with van der Waals surface area (Å²) >= 11 is 7.44. The van der Waals surface area contributed by atoms with E-state index in [4.69, 9.17) is 22.1 Å². The normalized spacial score (nSPS) is 10.5. The Kier molecular flexibility index (Phi) is 7.88. The number of carbonyl (C=O) groups is 1. The number of thioether (sulfide) groups is 1. The minimum atomic E-state index is -0.248. The van der Waals surface area contributed by atoms with Gasteiger partial charge in [-0.05, 0) is 36.8 Å². The van der Waals surface area contributed by atoms with Gasteiger partial charge in [0, 0.05) is 18.1 Å². The van der Waals surface area contributed by atoms with Crippen LogP contribution in [0.3, 0.4) is 0 Å². The first-order valence-electron chi connectivity index (χ1n) is 9.89. The summed E-state index contributed by atoms with van der Waals surface area (Å²) in [5.41, 5.74) is 1.61. The molecule has 0 aliphatic carbocycles. The van der Waals surface area contributed by atoms with Crippen LogP contribution in [0.1, 0.15) is 18.4 Å². The van der Waals surface area contributed by atoms with Gasteiger partial charge in [0.15, 0.2) is 5.16 Å². The maximum Gasteiger partial charge on any atom is 0.266 e. The molecule has 0 fully saturated rings. The average molecular weight is 466 g/mol. The van der Waals surface area contributed by atoms with E-state index in [9.17, 15) is 9.59 Å². The lowest BCUT2D eigenvalue weighted by atomic mass is 10.2. The van der Waals surface area contributed by atoms with Gasteiger partial charge in [-0.15, -0.1) is 0 Å². The van der Waals surface area contributed by atoms with Gasteiger partial charge in [0.1, 0.15) is 0 Å². The zero-order chi connectivity index (χ0) is 23.1. The van der Waals surface area contributed by atoms with E-state index in [1.165, 1.54) is 9.47 Å². The highest BCUT2D eigenvalue weighted by atomic mass is 35.5. The van der Waals surface area contributed by atoms with Gasteiger partial charge in [0.05, 0.1) is 47.3 Å². The number of fused-ring (bicyclic) bond motifs is 1. The van der Waals surface area contributed by atoms with Crippen LogP contribution in [0, 0.1) is 29.6 Å². The largest absolute Gasteiger partial charge is 0.340 e. The molecule has 3 aromatic rings.